The highest BCUT2D eigenvalue weighted by Gasteiger charge is 2.25. The molecule has 0 radical (unpaired) electrons. The molecule has 0 aromatic heterocycles. The summed E-state index contributed by atoms with van der Waals surface area (Å²) in [5.74, 6) is -0.351. The second kappa shape index (κ2) is 11.3. The predicted molar refractivity (Wildman–Crippen MR) is 148 cm³/mol. The first kappa shape index (κ1) is 25.2. The number of fused-ring (bicyclic) bond motifs is 1. The maximum atomic E-state index is 13.7. The van der Waals surface area contributed by atoms with Gasteiger partial charge in [0, 0.05) is 55.8 Å². The van der Waals surface area contributed by atoms with E-state index in [1.807, 2.05) is 23.1 Å². The number of carbonyl (C=O) groups is 2. The molecule has 0 spiro atoms. The van der Waals surface area contributed by atoms with Gasteiger partial charge in [-0.25, -0.2) is 0 Å². The maximum Gasteiger partial charge on any atom is 0.269 e. The van der Waals surface area contributed by atoms with Crippen LogP contribution in [0.1, 0.15) is 46.3 Å². The van der Waals surface area contributed by atoms with Crippen LogP contribution in [0.15, 0.2) is 72.8 Å². The number of anilines is 2. The van der Waals surface area contributed by atoms with Gasteiger partial charge in [-0.2, -0.15) is 0 Å². The van der Waals surface area contributed by atoms with Crippen molar-refractivity contribution in [1.82, 2.24) is 4.90 Å². The van der Waals surface area contributed by atoms with Crippen molar-refractivity contribution in [2.75, 3.05) is 29.9 Å². The molecule has 1 fully saturated rings. The van der Waals surface area contributed by atoms with Gasteiger partial charge in [0.2, 0.25) is 5.91 Å². The Kier molecular flexibility index (Phi) is 7.49. The molecule has 5 rings (SSSR count). The van der Waals surface area contributed by atoms with E-state index in [0.29, 0.717) is 16.8 Å². The Bertz CT molecular complexity index is 1380. The predicted octanol–water partition coefficient (Wildman–Crippen LogP) is 5.44. The molecular weight excluding hydrogens is 480 g/mol. The zero-order valence-corrected chi connectivity index (χ0v) is 21.1. The lowest BCUT2D eigenvalue weighted by Gasteiger charge is -2.34. The van der Waals surface area contributed by atoms with E-state index in [1.165, 1.54) is 29.3 Å². The minimum absolute atomic E-state index is 0.00363. The third-order valence-electron chi connectivity index (χ3n) is 7.14. The molecule has 2 aliphatic rings. The summed E-state index contributed by atoms with van der Waals surface area (Å²) < 4.78 is 0. The van der Waals surface area contributed by atoms with Gasteiger partial charge in [-0.05, 0) is 78.8 Å². The zero-order chi connectivity index (χ0) is 26.5. The van der Waals surface area contributed by atoms with Crippen molar-refractivity contribution in [1.29, 1.82) is 0 Å². The summed E-state index contributed by atoms with van der Waals surface area (Å²) in [5.41, 5.74) is 5.31. The average Bonchev–Trinajstić information content (AvgIpc) is 2.96. The van der Waals surface area contributed by atoms with Gasteiger partial charge in [0.25, 0.3) is 11.6 Å². The minimum Gasteiger partial charge on any atom is -0.366 e. The number of hydrogen-bond acceptors (Lipinski definition) is 5. The van der Waals surface area contributed by atoms with E-state index in [9.17, 15) is 19.7 Å². The van der Waals surface area contributed by atoms with Crippen LogP contribution in [0.4, 0.5) is 17.1 Å². The monoisotopic (exact) mass is 510 g/mol. The molecule has 2 amide bonds. The van der Waals surface area contributed by atoms with E-state index >= 15 is 0 Å². The molecule has 0 bridgehead atoms. The number of nitro groups is 1. The normalized spacial score (nSPS) is 15.3. The Hall–Kier alpha value is -4.46. The van der Waals surface area contributed by atoms with Gasteiger partial charge in [-0.15, -0.1) is 0 Å². The van der Waals surface area contributed by atoms with Gasteiger partial charge < -0.3 is 15.1 Å². The second-order valence-corrected chi connectivity index (χ2v) is 9.70. The number of piperidine rings is 1. The minimum atomic E-state index is -0.463. The van der Waals surface area contributed by atoms with E-state index in [1.54, 1.807) is 24.3 Å². The highest BCUT2D eigenvalue weighted by atomic mass is 16.6. The van der Waals surface area contributed by atoms with Crippen molar-refractivity contribution in [2.24, 2.45) is 0 Å². The number of likely N-dealkylation sites (tertiary alicyclic amines) is 1. The van der Waals surface area contributed by atoms with Gasteiger partial charge in [-0.3, -0.25) is 19.7 Å². The van der Waals surface area contributed by atoms with Crippen LogP contribution in [0.5, 0.6) is 0 Å². The van der Waals surface area contributed by atoms with Crippen LogP contribution in [0, 0.1) is 10.1 Å². The standard InChI is InChI=1S/C30H30N4O4/c35-29(15-10-22-8-12-26(13-9-22)34(37)38)31-25-11-14-28(27(20-25)30(36)32-17-4-1-5-18-32)33-19-16-23-6-2-3-7-24(23)21-33/h2-3,6-15,20H,1,4-5,16-19,21H2,(H,31,35)/b15-10+. The van der Waals surface area contributed by atoms with Gasteiger partial charge in [0.05, 0.1) is 10.5 Å². The van der Waals surface area contributed by atoms with E-state index < -0.39 is 4.92 Å². The summed E-state index contributed by atoms with van der Waals surface area (Å²) in [4.78, 5) is 40.8. The second-order valence-electron chi connectivity index (χ2n) is 9.70. The summed E-state index contributed by atoms with van der Waals surface area (Å²) in [6, 6.07) is 19.9. The Labute approximate surface area is 221 Å². The topological polar surface area (TPSA) is 95.8 Å². The lowest BCUT2D eigenvalue weighted by Crippen LogP contribution is -2.38. The van der Waals surface area contributed by atoms with Crippen molar-refractivity contribution in [2.45, 2.75) is 32.2 Å². The molecule has 1 N–H and O–H groups in total. The van der Waals surface area contributed by atoms with Gasteiger partial charge in [-0.1, -0.05) is 24.3 Å². The lowest BCUT2D eigenvalue weighted by molar-refractivity contribution is -0.384. The average molecular weight is 511 g/mol. The summed E-state index contributed by atoms with van der Waals surface area (Å²) in [7, 11) is 0. The number of carbonyl (C=O) groups excluding carboxylic acids is 2. The zero-order valence-electron chi connectivity index (χ0n) is 21.1. The molecule has 194 valence electrons. The molecule has 2 aliphatic heterocycles. The largest absolute Gasteiger partial charge is 0.366 e. The molecule has 8 nitrogen and oxygen atoms in total. The number of nitrogens with zero attached hydrogens (tertiary/aromatic N) is 3. The van der Waals surface area contributed by atoms with Crippen LogP contribution in [0.2, 0.25) is 0 Å². The number of hydrogen-bond donors (Lipinski definition) is 1. The van der Waals surface area contributed by atoms with Crippen LogP contribution in [-0.2, 0) is 17.8 Å². The molecule has 1 saturated heterocycles. The third kappa shape index (κ3) is 5.75. The van der Waals surface area contributed by atoms with Crippen molar-refractivity contribution < 1.29 is 14.5 Å². The van der Waals surface area contributed by atoms with E-state index in [-0.39, 0.29) is 17.5 Å². The van der Waals surface area contributed by atoms with E-state index in [2.05, 4.69) is 28.4 Å². The van der Waals surface area contributed by atoms with Crippen LogP contribution < -0.4 is 10.2 Å². The van der Waals surface area contributed by atoms with Gasteiger partial charge >= 0.3 is 0 Å². The summed E-state index contributed by atoms with van der Waals surface area (Å²) >= 11 is 0. The van der Waals surface area contributed by atoms with Crippen LogP contribution in [0.25, 0.3) is 6.08 Å². The first-order valence-corrected chi connectivity index (χ1v) is 13.0. The number of amides is 2. The summed E-state index contributed by atoms with van der Waals surface area (Å²) in [6.45, 7) is 3.05. The quantitative estimate of drug-likeness (QED) is 0.271. The molecule has 0 aliphatic carbocycles. The number of nitro benzene ring substituents is 1. The van der Waals surface area contributed by atoms with Crippen molar-refractivity contribution in [3.8, 4) is 0 Å². The molecule has 8 heteroatoms. The number of benzene rings is 3. The SMILES string of the molecule is O=C(/C=C/c1ccc([N+](=O)[O-])cc1)Nc1ccc(N2CCc3ccccc3C2)c(C(=O)N2CCCCC2)c1. The fourth-order valence-electron chi connectivity index (χ4n) is 5.09. The molecule has 3 aromatic carbocycles. The molecule has 0 saturated carbocycles. The van der Waals surface area contributed by atoms with Crippen molar-refractivity contribution >= 4 is 35.0 Å². The fraction of sp³-hybridized carbons (Fsp3) is 0.267. The molecule has 3 aromatic rings. The molecule has 0 unspecified atom stereocenters. The van der Waals surface area contributed by atoms with Crippen LogP contribution in [0.3, 0.4) is 0 Å². The highest BCUT2D eigenvalue weighted by molar-refractivity contribution is 6.05. The Morgan fingerprint density at radius 2 is 1.63 bits per heavy atom. The summed E-state index contributed by atoms with van der Waals surface area (Å²) in [5, 5.41) is 13.7. The number of rotatable bonds is 6. The molecular formula is C30H30N4O4. The molecule has 0 atom stereocenters. The number of non-ortho nitro benzene ring substituents is 1. The highest BCUT2D eigenvalue weighted by Crippen LogP contribution is 2.31. The van der Waals surface area contributed by atoms with Crippen molar-refractivity contribution in [3.63, 3.8) is 0 Å². The van der Waals surface area contributed by atoms with Gasteiger partial charge in [0.15, 0.2) is 0 Å². The first-order valence-electron chi connectivity index (χ1n) is 13.0. The smallest absolute Gasteiger partial charge is 0.269 e. The maximum absolute atomic E-state index is 13.7. The van der Waals surface area contributed by atoms with E-state index in [0.717, 1.165) is 57.5 Å². The van der Waals surface area contributed by atoms with Gasteiger partial charge in [0.1, 0.15) is 0 Å². The molecule has 2 heterocycles. The first-order chi connectivity index (χ1) is 18.5. The van der Waals surface area contributed by atoms with E-state index in [4.69, 9.17) is 0 Å². The van der Waals surface area contributed by atoms with Crippen LogP contribution in [-0.4, -0.2) is 41.3 Å². The Balaban J connectivity index is 1.37. The number of nitrogens with one attached hydrogen (secondary N) is 1. The van der Waals surface area contributed by atoms with Crippen LogP contribution >= 0.6 is 0 Å². The lowest BCUT2D eigenvalue weighted by atomic mass is 9.98. The summed E-state index contributed by atoms with van der Waals surface area (Å²) in [6.07, 6.45) is 7.03. The Morgan fingerprint density at radius 3 is 2.37 bits per heavy atom. The molecule has 38 heavy (non-hydrogen) atoms. The van der Waals surface area contributed by atoms with Crippen molar-refractivity contribution in [3.05, 3.63) is 105 Å². The third-order valence-corrected chi connectivity index (χ3v) is 7.14. The Morgan fingerprint density at radius 1 is 0.895 bits per heavy atom. The fourth-order valence-corrected chi connectivity index (χ4v) is 5.09.